The lowest BCUT2D eigenvalue weighted by Crippen LogP contribution is -2.29. The van der Waals surface area contributed by atoms with Gasteiger partial charge in [-0.05, 0) is 50.0 Å². The van der Waals surface area contributed by atoms with Crippen molar-refractivity contribution in [3.05, 3.63) is 40.4 Å². The fraction of sp³-hybridized carbons (Fsp3) is 0.545. The molecule has 0 saturated heterocycles. The van der Waals surface area contributed by atoms with E-state index >= 15 is 0 Å². The SMILES string of the molecule is CCCCC(CC)CNC(=O)c1cc(/C=C/C(C)=N\NC)ccc1Cl.CCO. The van der Waals surface area contributed by atoms with E-state index in [1.54, 1.807) is 20.0 Å². The molecule has 0 aliphatic rings. The number of rotatable bonds is 10. The van der Waals surface area contributed by atoms with Crippen molar-refractivity contribution in [3.63, 3.8) is 0 Å². The van der Waals surface area contributed by atoms with E-state index < -0.39 is 0 Å². The molecule has 1 atom stereocenters. The highest BCUT2D eigenvalue weighted by Crippen LogP contribution is 2.19. The van der Waals surface area contributed by atoms with E-state index in [2.05, 4.69) is 29.7 Å². The summed E-state index contributed by atoms with van der Waals surface area (Å²) in [6.07, 6.45) is 8.40. The van der Waals surface area contributed by atoms with Crippen LogP contribution in [0.3, 0.4) is 0 Å². The van der Waals surface area contributed by atoms with E-state index in [0.717, 1.165) is 24.1 Å². The second-order valence-corrected chi connectivity index (χ2v) is 6.90. The number of carbonyl (C=O) groups excluding carboxylic acids is 1. The third-order valence-corrected chi connectivity index (χ3v) is 4.46. The van der Waals surface area contributed by atoms with Crippen LogP contribution in [0, 0.1) is 5.92 Å². The predicted molar refractivity (Wildman–Crippen MR) is 121 cm³/mol. The molecule has 1 amide bonds. The average molecular weight is 410 g/mol. The van der Waals surface area contributed by atoms with Crippen LogP contribution in [0.1, 0.15) is 69.3 Å². The van der Waals surface area contributed by atoms with Crippen LogP contribution in [0.4, 0.5) is 0 Å². The lowest BCUT2D eigenvalue weighted by molar-refractivity contribution is 0.0946. The van der Waals surface area contributed by atoms with Gasteiger partial charge in [0.1, 0.15) is 0 Å². The molecule has 5 nitrogen and oxygen atoms in total. The maximum atomic E-state index is 12.5. The Balaban J connectivity index is 0.00000227. The molecule has 0 aliphatic carbocycles. The number of benzene rings is 1. The van der Waals surface area contributed by atoms with Crippen LogP contribution in [0.5, 0.6) is 0 Å². The molecule has 0 fully saturated rings. The molecule has 3 N–H and O–H groups in total. The Bertz CT molecular complexity index is 630. The third-order valence-electron chi connectivity index (χ3n) is 4.13. The van der Waals surface area contributed by atoms with E-state index in [0.29, 0.717) is 23.0 Å². The van der Waals surface area contributed by atoms with Gasteiger partial charge >= 0.3 is 0 Å². The zero-order valence-electron chi connectivity index (χ0n) is 17.9. The van der Waals surface area contributed by atoms with Crippen molar-refractivity contribution < 1.29 is 9.90 Å². The van der Waals surface area contributed by atoms with E-state index in [4.69, 9.17) is 16.7 Å². The number of allylic oxidation sites excluding steroid dienone is 1. The summed E-state index contributed by atoms with van der Waals surface area (Å²) in [6.45, 7) is 8.88. The van der Waals surface area contributed by atoms with Gasteiger partial charge in [-0.25, -0.2) is 0 Å². The van der Waals surface area contributed by atoms with Crippen LogP contribution in [0.15, 0.2) is 29.4 Å². The second-order valence-electron chi connectivity index (χ2n) is 6.49. The monoisotopic (exact) mass is 409 g/mol. The molecule has 1 aromatic carbocycles. The maximum Gasteiger partial charge on any atom is 0.252 e. The Kier molecular flexibility index (Phi) is 15.1. The van der Waals surface area contributed by atoms with Crippen LogP contribution in [0.25, 0.3) is 6.08 Å². The molecule has 0 spiro atoms. The van der Waals surface area contributed by atoms with Crippen molar-refractivity contribution in [1.82, 2.24) is 10.7 Å². The third kappa shape index (κ3) is 11.1. The van der Waals surface area contributed by atoms with Gasteiger partial charge < -0.3 is 15.8 Å². The number of unbranched alkanes of at least 4 members (excludes halogenated alkanes) is 1. The minimum Gasteiger partial charge on any atom is -0.397 e. The summed E-state index contributed by atoms with van der Waals surface area (Å²) >= 11 is 6.22. The molecule has 0 radical (unpaired) electrons. The summed E-state index contributed by atoms with van der Waals surface area (Å²) in [6, 6.07) is 5.46. The number of hydrazone groups is 1. The van der Waals surface area contributed by atoms with Crippen molar-refractivity contribution in [2.45, 2.75) is 53.4 Å². The number of amides is 1. The molecule has 0 heterocycles. The van der Waals surface area contributed by atoms with Gasteiger partial charge in [0.05, 0.1) is 16.3 Å². The molecule has 1 rings (SSSR count). The summed E-state index contributed by atoms with van der Waals surface area (Å²) in [5.74, 6) is 0.405. The number of halogens is 1. The van der Waals surface area contributed by atoms with Gasteiger partial charge in [0.2, 0.25) is 0 Å². The number of carbonyl (C=O) groups is 1. The topological polar surface area (TPSA) is 73.7 Å². The quantitative estimate of drug-likeness (QED) is 0.380. The fourth-order valence-corrected chi connectivity index (χ4v) is 2.73. The van der Waals surface area contributed by atoms with Crippen LogP contribution >= 0.6 is 11.6 Å². The normalized spacial score (nSPS) is 12.3. The molecule has 0 saturated carbocycles. The van der Waals surface area contributed by atoms with E-state index in [1.807, 2.05) is 31.2 Å². The van der Waals surface area contributed by atoms with Gasteiger partial charge in [0.15, 0.2) is 0 Å². The molecule has 0 bridgehead atoms. The number of hydrogen-bond donors (Lipinski definition) is 3. The highest BCUT2D eigenvalue weighted by atomic mass is 35.5. The van der Waals surface area contributed by atoms with Gasteiger partial charge in [-0.2, -0.15) is 5.10 Å². The Morgan fingerprint density at radius 3 is 2.57 bits per heavy atom. The van der Waals surface area contributed by atoms with Crippen LogP contribution < -0.4 is 10.7 Å². The first-order valence-corrected chi connectivity index (χ1v) is 10.4. The number of nitrogens with zero attached hydrogens (tertiary/aromatic N) is 1. The van der Waals surface area contributed by atoms with E-state index in [-0.39, 0.29) is 12.5 Å². The molecule has 0 aliphatic heterocycles. The molecule has 158 valence electrons. The van der Waals surface area contributed by atoms with Gasteiger partial charge in [-0.3, -0.25) is 4.79 Å². The van der Waals surface area contributed by atoms with Crippen molar-refractivity contribution >= 4 is 29.3 Å². The van der Waals surface area contributed by atoms with Gasteiger partial charge in [0.25, 0.3) is 5.91 Å². The smallest absolute Gasteiger partial charge is 0.252 e. The molecule has 1 unspecified atom stereocenters. The minimum absolute atomic E-state index is 0.115. The van der Waals surface area contributed by atoms with Crippen LogP contribution in [-0.2, 0) is 0 Å². The minimum atomic E-state index is -0.115. The van der Waals surface area contributed by atoms with Crippen LogP contribution in [-0.4, -0.2) is 36.9 Å². The largest absolute Gasteiger partial charge is 0.397 e. The maximum absolute atomic E-state index is 12.5. The highest BCUT2D eigenvalue weighted by molar-refractivity contribution is 6.33. The lowest BCUT2D eigenvalue weighted by Gasteiger charge is -2.15. The fourth-order valence-electron chi connectivity index (χ4n) is 2.53. The standard InChI is InChI=1S/C20H30ClN3O.C2H6O/c1-5-7-8-16(6-2)14-23-20(25)18-13-17(11-12-19(18)21)10-9-15(3)24-22-4;1-2-3/h9-13,16,22H,5-8,14H2,1-4H3,(H,23,25);3H,2H2,1H3/b10-9+,24-15-;. The molecular formula is C22H36ClN3O2. The highest BCUT2D eigenvalue weighted by Gasteiger charge is 2.13. The van der Waals surface area contributed by atoms with Crippen molar-refractivity contribution in [3.8, 4) is 0 Å². The van der Waals surface area contributed by atoms with Crippen molar-refractivity contribution in [1.29, 1.82) is 0 Å². The average Bonchev–Trinajstić information content (AvgIpc) is 2.68. The first kappa shape index (κ1) is 26.1. The summed E-state index contributed by atoms with van der Waals surface area (Å²) in [5.41, 5.74) is 5.02. The summed E-state index contributed by atoms with van der Waals surface area (Å²) in [5, 5.41) is 15.1. The molecule has 6 heteroatoms. The molecule has 1 aromatic rings. The Labute approximate surface area is 175 Å². The van der Waals surface area contributed by atoms with Crippen LogP contribution in [0.2, 0.25) is 5.02 Å². The van der Waals surface area contributed by atoms with Crippen molar-refractivity contribution in [2.75, 3.05) is 20.2 Å². The Hall–Kier alpha value is -1.85. The number of nitrogens with one attached hydrogen (secondary N) is 2. The Morgan fingerprint density at radius 2 is 2.00 bits per heavy atom. The van der Waals surface area contributed by atoms with Gasteiger partial charge in [-0.15, -0.1) is 0 Å². The number of aliphatic hydroxyl groups excluding tert-OH is 1. The summed E-state index contributed by atoms with van der Waals surface area (Å²) in [7, 11) is 1.76. The predicted octanol–water partition coefficient (Wildman–Crippen LogP) is 4.89. The number of aliphatic hydroxyl groups is 1. The lowest BCUT2D eigenvalue weighted by atomic mass is 9.99. The second kappa shape index (κ2) is 16.1. The summed E-state index contributed by atoms with van der Waals surface area (Å²) in [4.78, 5) is 12.5. The first-order chi connectivity index (χ1) is 13.4. The zero-order chi connectivity index (χ0) is 21.4. The van der Waals surface area contributed by atoms with E-state index in [9.17, 15) is 4.79 Å². The zero-order valence-corrected chi connectivity index (χ0v) is 18.6. The molecule has 0 aromatic heterocycles. The Morgan fingerprint density at radius 1 is 1.32 bits per heavy atom. The van der Waals surface area contributed by atoms with Gasteiger partial charge in [0, 0.05) is 20.2 Å². The van der Waals surface area contributed by atoms with Gasteiger partial charge in [-0.1, -0.05) is 56.9 Å². The van der Waals surface area contributed by atoms with Crippen molar-refractivity contribution in [2.24, 2.45) is 11.0 Å². The summed E-state index contributed by atoms with van der Waals surface area (Å²) < 4.78 is 0. The number of hydrogen-bond acceptors (Lipinski definition) is 4. The molecular weight excluding hydrogens is 374 g/mol. The van der Waals surface area contributed by atoms with E-state index in [1.165, 1.54) is 12.8 Å². The molecule has 28 heavy (non-hydrogen) atoms. The first-order valence-electron chi connectivity index (χ1n) is 10.0.